The number of hydrogen-bond acceptors (Lipinski definition) is 8. The minimum Gasteiger partial charge on any atom is -0.486 e. The van der Waals surface area contributed by atoms with Crippen molar-refractivity contribution in [3.8, 4) is 17.1 Å². The summed E-state index contributed by atoms with van der Waals surface area (Å²) in [5.74, 6) is 2.17. The molecule has 0 saturated carbocycles. The van der Waals surface area contributed by atoms with Crippen molar-refractivity contribution in [2.24, 2.45) is 7.05 Å². The maximum absolute atomic E-state index is 6.18. The Kier molecular flexibility index (Phi) is 4.13. The minimum atomic E-state index is 0.132. The summed E-state index contributed by atoms with van der Waals surface area (Å²) in [4.78, 5) is 16.8. The Morgan fingerprint density at radius 1 is 1.10 bits per heavy atom. The van der Waals surface area contributed by atoms with Crippen LogP contribution < -0.4 is 9.64 Å². The van der Waals surface area contributed by atoms with E-state index in [0.717, 1.165) is 28.1 Å². The number of morpholine rings is 1. The summed E-state index contributed by atoms with van der Waals surface area (Å²) in [5, 5.41) is 9.05. The molecule has 6 heterocycles. The van der Waals surface area contributed by atoms with E-state index in [0.29, 0.717) is 37.9 Å². The molecular formula is C21H22N8O2. The molecule has 0 amide bonds. The van der Waals surface area contributed by atoms with Gasteiger partial charge in [0.05, 0.1) is 38.0 Å². The Bertz CT molecular complexity index is 1250. The molecule has 2 aliphatic heterocycles. The summed E-state index contributed by atoms with van der Waals surface area (Å²) in [6.07, 6.45) is 7.28. The van der Waals surface area contributed by atoms with Gasteiger partial charge in [-0.25, -0.2) is 19.6 Å². The number of pyridine rings is 1. The number of anilines is 1. The summed E-state index contributed by atoms with van der Waals surface area (Å²) in [7, 11) is 1.98. The maximum atomic E-state index is 6.18. The second-order valence-corrected chi connectivity index (χ2v) is 8.03. The van der Waals surface area contributed by atoms with E-state index in [4.69, 9.17) is 19.4 Å². The van der Waals surface area contributed by atoms with Crippen LogP contribution >= 0.6 is 0 Å². The molecule has 0 radical (unpaired) electrons. The highest BCUT2D eigenvalue weighted by Gasteiger charge is 2.38. The van der Waals surface area contributed by atoms with Crippen LogP contribution in [-0.2, 0) is 18.3 Å². The van der Waals surface area contributed by atoms with E-state index in [2.05, 4.69) is 27.1 Å². The Hall–Kier alpha value is -3.53. The van der Waals surface area contributed by atoms with Gasteiger partial charge < -0.3 is 18.9 Å². The monoisotopic (exact) mass is 418 g/mol. The summed E-state index contributed by atoms with van der Waals surface area (Å²) in [6, 6.07) is 4.34. The molecule has 0 aromatic carbocycles. The van der Waals surface area contributed by atoms with E-state index in [1.807, 2.05) is 36.1 Å². The second kappa shape index (κ2) is 7.02. The van der Waals surface area contributed by atoms with Gasteiger partial charge in [0.25, 0.3) is 0 Å². The van der Waals surface area contributed by atoms with Gasteiger partial charge in [0.2, 0.25) is 0 Å². The molecule has 6 rings (SSSR count). The van der Waals surface area contributed by atoms with Crippen molar-refractivity contribution >= 4 is 16.9 Å². The first-order valence-electron chi connectivity index (χ1n) is 10.3. The van der Waals surface area contributed by atoms with Crippen LogP contribution in [0.1, 0.15) is 12.6 Å². The molecule has 0 spiro atoms. The molecular weight excluding hydrogens is 396 g/mol. The van der Waals surface area contributed by atoms with Gasteiger partial charge >= 0.3 is 0 Å². The zero-order valence-corrected chi connectivity index (χ0v) is 17.3. The van der Waals surface area contributed by atoms with Crippen LogP contribution in [0.4, 0.5) is 5.82 Å². The fourth-order valence-corrected chi connectivity index (χ4v) is 4.45. The van der Waals surface area contributed by atoms with Crippen LogP contribution in [0, 0.1) is 0 Å². The summed E-state index contributed by atoms with van der Waals surface area (Å²) < 4.78 is 15.7. The lowest BCUT2D eigenvalue weighted by Crippen LogP contribution is -2.56. The predicted molar refractivity (Wildman–Crippen MR) is 113 cm³/mol. The van der Waals surface area contributed by atoms with E-state index in [1.165, 1.54) is 0 Å². The van der Waals surface area contributed by atoms with E-state index in [9.17, 15) is 0 Å². The van der Waals surface area contributed by atoms with Crippen molar-refractivity contribution in [3.05, 3.63) is 42.6 Å². The van der Waals surface area contributed by atoms with Gasteiger partial charge in [-0.2, -0.15) is 0 Å². The van der Waals surface area contributed by atoms with Crippen LogP contribution in [0.5, 0.6) is 5.75 Å². The van der Waals surface area contributed by atoms with Gasteiger partial charge in [-0.15, -0.1) is 5.10 Å². The second-order valence-electron chi connectivity index (χ2n) is 8.03. The highest BCUT2D eigenvalue weighted by molar-refractivity contribution is 5.91. The first kappa shape index (κ1) is 18.3. The SMILES string of the molecule is C[C@@H]1COC[C@H]2COc3c(Cn4ccnn4)nc(-c4ccnc5c4ccn5C)nc3N21. The molecule has 0 unspecified atom stereocenters. The Labute approximate surface area is 178 Å². The molecule has 4 aromatic heterocycles. The van der Waals surface area contributed by atoms with Crippen molar-refractivity contribution in [3.63, 3.8) is 0 Å². The highest BCUT2D eigenvalue weighted by Crippen LogP contribution is 2.39. The van der Waals surface area contributed by atoms with Crippen LogP contribution in [0.3, 0.4) is 0 Å². The summed E-state index contributed by atoms with van der Waals surface area (Å²) in [6.45, 7) is 4.43. The molecule has 0 N–H and O–H groups in total. The quantitative estimate of drug-likeness (QED) is 0.496. The fraction of sp³-hybridized carbons (Fsp3) is 0.381. The van der Waals surface area contributed by atoms with Crippen LogP contribution in [-0.4, -0.2) is 66.4 Å². The van der Waals surface area contributed by atoms with Gasteiger partial charge in [0.15, 0.2) is 17.4 Å². The molecule has 2 aliphatic rings. The molecule has 10 heteroatoms. The average molecular weight is 418 g/mol. The van der Waals surface area contributed by atoms with Crippen molar-refractivity contribution in [2.75, 3.05) is 24.7 Å². The van der Waals surface area contributed by atoms with E-state index in [1.54, 1.807) is 17.1 Å². The van der Waals surface area contributed by atoms with Crippen molar-refractivity contribution in [2.45, 2.75) is 25.6 Å². The van der Waals surface area contributed by atoms with Gasteiger partial charge in [-0.3, -0.25) is 0 Å². The maximum Gasteiger partial charge on any atom is 0.185 e. The predicted octanol–water partition coefficient (Wildman–Crippen LogP) is 1.66. The van der Waals surface area contributed by atoms with Gasteiger partial charge in [0.1, 0.15) is 17.9 Å². The lowest BCUT2D eigenvalue weighted by Gasteiger charge is -2.44. The summed E-state index contributed by atoms with van der Waals surface area (Å²) >= 11 is 0. The molecule has 158 valence electrons. The molecule has 0 aliphatic carbocycles. The molecule has 10 nitrogen and oxygen atoms in total. The number of aromatic nitrogens is 7. The topological polar surface area (TPSA) is 96.0 Å². The first-order valence-corrected chi connectivity index (χ1v) is 10.3. The average Bonchev–Trinajstić information content (AvgIpc) is 3.43. The third-order valence-electron chi connectivity index (χ3n) is 5.91. The smallest absolute Gasteiger partial charge is 0.185 e. The zero-order chi connectivity index (χ0) is 20.9. The zero-order valence-electron chi connectivity index (χ0n) is 17.3. The molecule has 0 bridgehead atoms. The van der Waals surface area contributed by atoms with Crippen LogP contribution in [0.25, 0.3) is 22.4 Å². The van der Waals surface area contributed by atoms with E-state index >= 15 is 0 Å². The van der Waals surface area contributed by atoms with Gasteiger partial charge in [-0.05, 0) is 19.1 Å². The third-order valence-corrected chi connectivity index (χ3v) is 5.91. The van der Waals surface area contributed by atoms with Crippen molar-refractivity contribution in [1.29, 1.82) is 0 Å². The molecule has 2 atom stereocenters. The fourth-order valence-electron chi connectivity index (χ4n) is 4.45. The number of hydrogen-bond donors (Lipinski definition) is 0. The summed E-state index contributed by atoms with van der Waals surface area (Å²) in [5.41, 5.74) is 2.62. The van der Waals surface area contributed by atoms with Crippen molar-refractivity contribution in [1.82, 2.24) is 34.5 Å². The van der Waals surface area contributed by atoms with Crippen LogP contribution in [0.2, 0.25) is 0 Å². The van der Waals surface area contributed by atoms with E-state index in [-0.39, 0.29) is 12.1 Å². The third kappa shape index (κ3) is 2.94. The van der Waals surface area contributed by atoms with Crippen molar-refractivity contribution < 1.29 is 9.47 Å². The van der Waals surface area contributed by atoms with Gasteiger partial charge in [0, 0.05) is 36.6 Å². The molecule has 1 fully saturated rings. The number of ether oxygens (including phenoxy) is 2. The number of aryl methyl sites for hydroxylation is 1. The molecule has 1 saturated heterocycles. The molecule has 4 aromatic rings. The first-order chi connectivity index (χ1) is 15.2. The minimum absolute atomic E-state index is 0.132. The lowest BCUT2D eigenvalue weighted by molar-refractivity contribution is 0.0483. The normalized spacial score (nSPS) is 20.4. The van der Waals surface area contributed by atoms with Crippen LogP contribution in [0.15, 0.2) is 36.9 Å². The number of rotatable bonds is 3. The molecule has 31 heavy (non-hydrogen) atoms. The van der Waals surface area contributed by atoms with Gasteiger partial charge in [-0.1, -0.05) is 5.21 Å². The Balaban J connectivity index is 1.56. The highest BCUT2D eigenvalue weighted by atomic mass is 16.5. The standard InChI is InChI=1S/C21H22N8O2/c1-13-10-30-11-14-12-31-18-17(9-28-8-6-23-26-28)24-19(25-21(18)29(13)14)15-3-5-22-20-16(15)4-7-27(20)2/h3-8,13-14H,9-12H2,1-2H3/t13-,14+/m1/s1. The Morgan fingerprint density at radius 2 is 2.03 bits per heavy atom. The number of nitrogens with zero attached hydrogens (tertiary/aromatic N) is 8. The lowest BCUT2D eigenvalue weighted by atomic mass is 10.1. The Morgan fingerprint density at radius 3 is 2.90 bits per heavy atom. The largest absolute Gasteiger partial charge is 0.486 e. The number of fused-ring (bicyclic) bond motifs is 4. The van der Waals surface area contributed by atoms with E-state index < -0.39 is 0 Å².